The topological polar surface area (TPSA) is 45.1 Å². The SMILES string of the molecule is Oc1ccc(CCNc2ncccc2F)cc1. The number of hydrogen-bond acceptors (Lipinski definition) is 3. The van der Waals surface area contributed by atoms with E-state index in [9.17, 15) is 4.39 Å². The van der Waals surface area contributed by atoms with E-state index in [1.54, 1.807) is 24.4 Å². The molecule has 3 nitrogen and oxygen atoms in total. The predicted molar refractivity (Wildman–Crippen MR) is 64.5 cm³/mol. The summed E-state index contributed by atoms with van der Waals surface area (Å²) in [5.41, 5.74) is 1.08. The molecular weight excluding hydrogens is 219 g/mol. The largest absolute Gasteiger partial charge is 0.508 e. The number of nitrogens with one attached hydrogen (secondary N) is 1. The number of phenolic OH excluding ortho intramolecular Hbond substituents is 1. The van der Waals surface area contributed by atoms with E-state index in [1.165, 1.54) is 6.07 Å². The lowest BCUT2D eigenvalue weighted by molar-refractivity contribution is 0.475. The lowest BCUT2D eigenvalue weighted by atomic mass is 10.1. The van der Waals surface area contributed by atoms with Crippen LogP contribution in [0.2, 0.25) is 0 Å². The van der Waals surface area contributed by atoms with Crippen molar-refractivity contribution in [3.8, 4) is 5.75 Å². The van der Waals surface area contributed by atoms with Crippen molar-refractivity contribution in [2.75, 3.05) is 11.9 Å². The summed E-state index contributed by atoms with van der Waals surface area (Å²) in [6.07, 6.45) is 2.29. The predicted octanol–water partition coefficient (Wildman–Crippen LogP) is 2.58. The number of aromatic hydroxyl groups is 1. The molecule has 0 atom stereocenters. The number of benzene rings is 1. The normalized spacial score (nSPS) is 10.2. The van der Waals surface area contributed by atoms with E-state index in [4.69, 9.17) is 5.11 Å². The maximum Gasteiger partial charge on any atom is 0.165 e. The van der Waals surface area contributed by atoms with E-state index in [-0.39, 0.29) is 17.4 Å². The van der Waals surface area contributed by atoms with Gasteiger partial charge in [0.15, 0.2) is 11.6 Å². The van der Waals surface area contributed by atoms with Crippen molar-refractivity contribution in [1.82, 2.24) is 4.98 Å². The summed E-state index contributed by atoms with van der Waals surface area (Å²) < 4.78 is 13.2. The molecule has 0 fully saturated rings. The average molecular weight is 232 g/mol. The van der Waals surface area contributed by atoms with Gasteiger partial charge in [0, 0.05) is 12.7 Å². The Labute approximate surface area is 98.9 Å². The third kappa shape index (κ3) is 3.17. The van der Waals surface area contributed by atoms with Gasteiger partial charge >= 0.3 is 0 Å². The summed E-state index contributed by atoms with van der Waals surface area (Å²) in [5, 5.41) is 12.0. The third-order valence-corrected chi connectivity index (χ3v) is 2.40. The number of rotatable bonds is 4. The van der Waals surface area contributed by atoms with Gasteiger partial charge in [-0.3, -0.25) is 0 Å². The molecule has 0 saturated carbocycles. The molecule has 0 saturated heterocycles. The minimum atomic E-state index is -0.349. The number of phenols is 1. The van der Waals surface area contributed by atoms with Crippen LogP contribution in [-0.4, -0.2) is 16.6 Å². The van der Waals surface area contributed by atoms with Crippen LogP contribution in [0.3, 0.4) is 0 Å². The van der Waals surface area contributed by atoms with E-state index in [0.29, 0.717) is 6.54 Å². The van der Waals surface area contributed by atoms with Crippen molar-refractivity contribution < 1.29 is 9.50 Å². The van der Waals surface area contributed by atoms with Crippen LogP contribution in [0.25, 0.3) is 0 Å². The molecule has 0 aliphatic rings. The molecule has 0 aliphatic carbocycles. The molecule has 4 heteroatoms. The Morgan fingerprint density at radius 1 is 1.18 bits per heavy atom. The summed E-state index contributed by atoms with van der Waals surface area (Å²) >= 11 is 0. The second-order valence-electron chi connectivity index (χ2n) is 3.68. The van der Waals surface area contributed by atoms with E-state index in [2.05, 4.69) is 10.3 Å². The van der Waals surface area contributed by atoms with Crippen molar-refractivity contribution in [3.05, 3.63) is 54.0 Å². The van der Waals surface area contributed by atoms with E-state index >= 15 is 0 Å². The minimum absolute atomic E-state index is 0.248. The first-order chi connectivity index (χ1) is 8.25. The van der Waals surface area contributed by atoms with Crippen LogP contribution in [0.4, 0.5) is 10.2 Å². The highest BCUT2D eigenvalue weighted by atomic mass is 19.1. The standard InChI is InChI=1S/C13H13FN2O/c14-12-2-1-8-15-13(12)16-9-7-10-3-5-11(17)6-4-10/h1-6,8,17H,7,9H2,(H,15,16). The lowest BCUT2D eigenvalue weighted by Gasteiger charge is -2.06. The van der Waals surface area contributed by atoms with Crippen molar-refractivity contribution in [2.45, 2.75) is 6.42 Å². The maximum absolute atomic E-state index is 13.2. The molecule has 0 unspecified atom stereocenters. The molecular formula is C13H13FN2O. The first-order valence-electron chi connectivity index (χ1n) is 5.38. The van der Waals surface area contributed by atoms with Gasteiger partial charge in [0.1, 0.15) is 5.75 Å². The number of pyridine rings is 1. The minimum Gasteiger partial charge on any atom is -0.508 e. The lowest BCUT2D eigenvalue weighted by Crippen LogP contribution is -2.07. The van der Waals surface area contributed by atoms with Gasteiger partial charge in [0.2, 0.25) is 0 Å². The quantitative estimate of drug-likeness (QED) is 0.851. The molecule has 2 N–H and O–H groups in total. The highest BCUT2D eigenvalue weighted by Crippen LogP contribution is 2.11. The Balaban J connectivity index is 1.88. The van der Waals surface area contributed by atoms with Gasteiger partial charge in [-0.15, -0.1) is 0 Å². The van der Waals surface area contributed by atoms with Gasteiger partial charge in [-0.2, -0.15) is 0 Å². The van der Waals surface area contributed by atoms with Crippen LogP contribution in [0.1, 0.15) is 5.56 Å². The fourth-order valence-electron chi connectivity index (χ4n) is 1.50. The molecule has 17 heavy (non-hydrogen) atoms. The van der Waals surface area contributed by atoms with Gasteiger partial charge in [-0.05, 0) is 36.2 Å². The number of anilines is 1. The molecule has 1 aromatic carbocycles. The Morgan fingerprint density at radius 2 is 1.94 bits per heavy atom. The van der Waals surface area contributed by atoms with Gasteiger partial charge in [0.25, 0.3) is 0 Å². The van der Waals surface area contributed by atoms with Gasteiger partial charge in [0.05, 0.1) is 0 Å². The first kappa shape index (κ1) is 11.4. The van der Waals surface area contributed by atoms with Crippen LogP contribution < -0.4 is 5.32 Å². The third-order valence-electron chi connectivity index (χ3n) is 2.40. The number of halogens is 1. The van der Waals surface area contributed by atoms with E-state index in [1.807, 2.05) is 12.1 Å². The molecule has 0 bridgehead atoms. The Morgan fingerprint density at radius 3 is 2.65 bits per heavy atom. The molecule has 0 aliphatic heterocycles. The fourth-order valence-corrected chi connectivity index (χ4v) is 1.50. The Bertz CT molecular complexity index is 485. The maximum atomic E-state index is 13.2. The van der Waals surface area contributed by atoms with E-state index in [0.717, 1.165) is 12.0 Å². The number of nitrogens with zero attached hydrogens (tertiary/aromatic N) is 1. The van der Waals surface area contributed by atoms with Crippen molar-refractivity contribution >= 4 is 5.82 Å². The van der Waals surface area contributed by atoms with Crippen LogP contribution in [0.15, 0.2) is 42.6 Å². The Kier molecular flexibility index (Phi) is 3.55. The molecule has 2 rings (SSSR count). The molecule has 2 aromatic rings. The average Bonchev–Trinajstić information content (AvgIpc) is 2.34. The molecule has 0 amide bonds. The van der Waals surface area contributed by atoms with Crippen LogP contribution in [0.5, 0.6) is 5.75 Å². The molecule has 1 aromatic heterocycles. The summed E-state index contributed by atoms with van der Waals surface area (Å²) in [5.74, 6) is 0.168. The van der Waals surface area contributed by atoms with E-state index < -0.39 is 0 Å². The highest BCUT2D eigenvalue weighted by Gasteiger charge is 2.00. The smallest absolute Gasteiger partial charge is 0.165 e. The van der Waals surface area contributed by atoms with Gasteiger partial charge in [-0.25, -0.2) is 9.37 Å². The zero-order chi connectivity index (χ0) is 12.1. The van der Waals surface area contributed by atoms with Crippen LogP contribution in [-0.2, 0) is 6.42 Å². The van der Waals surface area contributed by atoms with Crippen LogP contribution >= 0.6 is 0 Å². The monoisotopic (exact) mass is 232 g/mol. The summed E-state index contributed by atoms with van der Waals surface area (Å²) in [4.78, 5) is 3.90. The number of hydrogen-bond donors (Lipinski definition) is 2. The summed E-state index contributed by atoms with van der Waals surface area (Å²) in [6, 6.07) is 9.88. The molecule has 88 valence electrons. The second kappa shape index (κ2) is 5.30. The molecule has 1 heterocycles. The second-order valence-corrected chi connectivity index (χ2v) is 3.68. The number of aromatic nitrogens is 1. The van der Waals surface area contributed by atoms with Gasteiger partial charge < -0.3 is 10.4 Å². The summed E-state index contributed by atoms with van der Waals surface area (Å²) in [7, 11) is 0. The first-order valence-corrected chi connectivity index (χ1v) is 5.38. The zero-order valence-corrected chi connectivity index (χ0v) is 9.23. The molecule has 0 radical (unpaired) electrons. The van der Waals surface area contributed by atoms with Crippen molar-refractivity contribution in [2.24, 2.45) is 0 Å². The fraction of sp³-hybridized carbons (Fsp3) is 0.154. The van der Waals surface area contributed by atoms with Crippen LogP contribution in [0, 0.1) is 5.82 Å². The molecule has 0 spiro atoms. The zero-order valence-electron chi connectivity index (χ0n) is 9.23. The highest BCUT2D eigenvalue weighted by molar-refractivity contribution is 5.35. The van der Waals surface area contributed by atoms with Crippen molar-refractivity contribution in [1.29, 1.82) is 0 Å². The van der Waals surface area contributed by atoms with Crippen molar-refractivity contribution in [3.63, 3.8) is 0 Å². The summed E-state index contributed by atoms with van der Waals surface area (Å²) in [6.45, 7) is 0.596. The Hall–Kier alpha value is -2.10. The van der Waals surface area contributed by atoms with Gasteiger partial charge in [-0.1, -0.05) is 12.1 Å².